The standard InChI is InChI=1S/C11H15ClN2OS/c1-7-4-8(5-13)6-14(7)11(15)9-2-3-10(12)16-9/h2-3,7-8H,4-6,13H2,1H3. The number of nitrogens with two attached hydrogens (primary N) is 1. The van der Waals surface area contributed by atoms with Crippen molar-refractivity contribution in [2.24, 2.45) is 11.7 Å². The highest BCUT2D eigenvalue weighted by atomic mass is 35.5. The van der Waals surface area contributed by atoms with Gasteiger partial charge in [-0.3, -0.25) is 4.79 Å². The number of amides is 1. The molecule has 2 rings (SSSR count). The Hall–Kier alpha value is -0.580. The summed E-state index contributed by atoms with van der Waals surface area (Å²) in [5, 5.41) is 0. The molecule has 3 nitrogen and oxygen atoms in total. The number of carbonyl (C=O) groups is 1. The topological polar surface area (TPSA) is 46.3 Å². The van der Waals surface area contributed by atoms with E-state index < -0.39 is 0 Å². The fourth-order valence-electron chi connectivity index (χ4n) is 2.17. The first-order chi connectivity index (χ1) is 7.61. The minimum Gasteiger partial charge on any atom is -0.335 e. The van der Waals surface area contributed by atoms with Crippen LogP contribution in [0, 0.1) is 5.92 Å². The molecule has 1 aliphatic rings. The maximum atomic E-state index is 12.2. The molecule has 1 fully saturated rings. The molecule has 2 N–H and O–H groups in total. The minimum absolute atomic E-state index is 0.0837. The van der Waals surface area contributed by atoms with Gasteiger partial charge in [-0.15, -0.1) is 11.3 Å². The Morgan fingerprint density at radius 1 is 1.69 bits per heavy atom. The van der Waals surface area contributed by atoms with Crippen molar-refractivity contribution < 1.29 is 4.79 Å². The van der Waals surface area contributed by atoms with Gasteiger partial charge in [-0.1, -0.05) is 11.6 Å². The molecule has 0 bridgehead atoms. The van der Waals surface area contributed by atoms with E-state index in [1.54, 1.807) is 12.1 Å². The number of hydrogen-bond donors (Lipinski definition) is 1. The van der Waals surface area contributed by atoms with E-state index in [1.165, 1.54) is 11.3 Å². The molecule has 1 aromatic rings. The largest absolute Gasteiger partial charge is 0.335 e. The van der Waals surface area contributed by atoms with Crippen molar-refractivity contribution in [2.75, 3.05) is 13.1 Å². The van der Waals surface area contributed by atoms with Gasteiger partial charge in [-0.05, 0) is 37.9 Å². The predicted molar refractivity (Wildman–Crippen MR) is 67.0 cm³/mol. The lowest BCUT2D eigenvalue weighted by Crippen LogP contribution is -2.33. The maximum Gasteiger partial charge on any atom is 0.264 e. The van der Waals surface area contributed by atoms with Crippen LogP contribution in [0.2, 0.25) is 4.34 Å². The summed E-state index contributed by atoms with van der Waals surface area (Å²) in [6, 6.07) is 3.83. The smallest absolute Gasteiger partial charge is 0.264 e. The van der Waals surface area contributed by atoms with E-state index in [0.717, 1.165) is 17.8 Å². The number of hydrogen-bond acceptors (Lipinski definition) is 3. The van der Waals surface area contributed by atoms with Crippen molar-refractivity contribution >= 4 is 28.8 Å². The van der Waals surface area contributed by atoms with Crippen molar-refractivity contribution in [1.82, 2.24) is 4.90 Å². The highest BCUT2D eigenvalue weighted by Gasteiger charge is 2.32. The second-order valence-corrected chi connectivity index (χ2v) is 5.96. The highest BCUT2D eigenvalue weighted by molar-refractivity contribution is 7.17. The van der Waals surface area contributed by atoms with Gasteiger partial charge in [0.25, 0.3) is 5.91 Å². The Bertz CT molecular complexity index is 393. The van der Waals surface area contributed by atoms with Gasteiger partial charge in [-0.2, -0.15) is 0 Å². The molecule has 16 heavy (non-hydrogen) atoms. The lowest BCUT2D eigenvalue weighted by molar-refractivity contribution is 0.0748. The molecular weight excluding hydrogens is 244 g/mol. The van der Waals surface area contributed by atoms with Crippen LogP contribution in [-0.4, -0.2) is 29.9 Å². The Balaban J connectivity index is 2.11. The lowest BCUT2D eigenvalue weighted by atomic mass is 10.1. The predicted octanol–water partition coefficient (Wildman–Crippen LogP) is 2.21. The number of carbonyl (C=O) groups excluding carboxylic acids is 1. The van der Waals surface area contributed by atoms with Crippen LogP contribution in [0.3, 0.4) is 0 Å². The van der Waals surface area contributed by atoms with E-state index in [-0.39, 0.29) is 11.9 Å². The van der Waals surface area contributed by atoms with Crippen LogP contribution in [-0.2, 0) is 0 Å². The summed E-state index contributed by atoms with van der Waals surface area (Å²) >= 11 is 7.17. The summed E-state index contributed by atoms with van der Waals surface area (Å²) in [7, 11) is 0. The summed E-state index contributed by atoms with van der Waals surface area (Å²) in [6.45, 7) is 3.49. The van der Waals surface area contributed by atoms with E-state index in [0.29, 0.717) is 16.8 Å². The SMILES string of the molecule is CC1CC(CN)CN1C(=O)c1ccc(Cl)s1. The fraction of sp³-hybridized carbons (Fsp3) is 0.545. The van der Waals surface area contributed by atoms with Crippen molar-refractivity contribution in [2.45, 2.75) is 19.4 Å². The van der Waals surface area contributed by atoms with E-state index in [1.807, 2.05) is 4.90 Å². The molecule has 1 aromatic heterocycles. The molecular formula is C11H15ClN2OS. The number of rotatable bonds is 2. The quantitative estimate of drug-likeness (QED) is 0.884. The zero-order chi connectivity index (χ0) is 11.7. The first kappa shape index (κ1) is 11.9. The summed E-state index contributed by atoms with van der Waals surface area (Å²) in [4.78, 5) is 14.8. The minimum atomic E-state index is 0.0837. The molecule has 0 saturated carbocycles. The van der Waals surface area contributed by atoms with Crippen LogP contribution in [0.4, 0.5) is 0 Å². The van der Waals surface area contributed by atoms with E-state index in [4.69, 9.17) is 17.3 Å². The molecule has 2 atom stereocenters. The van der Waals surface area contributed by atoms with Gasteiger partial charge in [0.2, 0.25) is 0 Å². The second-order valence-electron chi connectivity index (χ2n) is 4.25. The fourth-order valence-corrected chi connectivity index (χ4v) is 3.17. The number of halogens is 1. The lowest BCUT2D eigenvalue weighted by Gasteiger charge is -2.20. The summed E-state index contributed by atoms with van der Waals surface area (Å²) in [6.07, 6.45) is 1.00. The van der Waals surface area contributed by atoms with Gasteiger partial charge in [-0.25, -0.2) is 0 Å². The Labute approximate surface area is 104 Å². The molecule has 2 unspecified atom stereocenters. The monoisotopic (exact) mass is 258 g/mol. The van der Waals surface area contributed by atoms with Gasteiger partial charge in [0, 0.05) is 12.6 Å². The second kappa shape index (κ2) is 4.73. The van der Waals surface area contributed by atoms with Crippen LogP contribution in [0.15, 0.2) is 12.1 Å². The molecule has 1 saturated heterocycles. The van der Waals surface area contributed by atoms with Gasteiger partial charge in [0.15, 0.2) is 0 Å². The van der Waals surface area contributed by atoms with Crippen LogP contribution < -0.4 is 5.73 Å². The Kier molecular flexibility index (Phi) is 3.52. The third-order valence-electron chi connectivity index (χ3n) is 3.04. The van der Waals surface area contributed by atoms with Crippen LogP contribution in [0.5, 0.6) is 0 Å². The molecule has 0 aliphatic carbocycles. The number of nitrogens with zero attached hydrogens (tertiary/aromatic N) is 1. The molecule has 0 radical (unpaired) electrons. The molecule has 2 heterocycles. The van der Waals surface area contributed by atoms with Crippen LogP contribution in [0.1, 0.15) is 23.0 Å². The maximum absolute atomic E-state index is 12.2. The molecule has 0 spiro atoms. The molecule has 88 valence electrons. The van der Waals surface area contributed by atoms with E-state index >= 15 is 0 Å². The van der Waals surface area contributed by atoms with Gasteiger partial charge >= 0.3 is 0 Å². The first-order valence-electron chi connectivity index (χ1n) is 5.38. The van der Waals surface area contributed by atoms with Crippen molar-refractivity contribution in [3.8, 4) is 0 Å². The zero-order valence-electron chi connectivity index (χ0n) is 9.15. The average molecular weight is 259 g/mol. The zero-order valence-corrected chi connectivity index (χ0v) is 10.7. The Morgan fingerprint density at radius 2 is 2.44 bits per heavy atom. The number of thiophene rings is 1. The molecule has 5 heteroatoms. The third-order valence-corrected chi connectivity index (χ3v) is 4.26. The average Bonchev–Trinajstić information content (AvgIpc) is 2.83. The normalized spacial score (nSPS) is 25.1. The molecule has 1 aliphatic heterocycles. The number of likely N-dealkylation sites (tertiary alicyclic amines) is 1. The highest BCUT2D eigenvalue weighted by Crippen LogP contribution is 2.28. The van der Waals surface area contributed by atoms with E-state index in [9.17, 15) is 4.79 Å². The summed E-state index contributed by atoms with van der Waals surface area (Å²) < 4.78 is 0.658. The van der Waals surface area contributed by atoms with Gasteiger partial charge in [0.1, 0.15) is 0 Å². The first-order valence-corrected chi connectivity index (χ1v) is 6.57. The van der Waals surface area contributed by atoms with Crippen molar-refractivity contribution in [3.63, 3.8) is 0 Å². The van der Waals surface area contributed by atoms with Gasteiger partial charge < -0.3 is 10.6 Å². The Morgan fingerprint density at radius 3 is 2.94 bits per heavy atom. The summed E-state index contributed by atoms with van der Waals surface area (Å²) in [5.74, 6) is 0.523. The molecule has 1 amide bonds. The summed E-state index contributed by atoms with van der Waals surface area (Å²) in [5.41, 5.74) is 5.64. The van der Waals surface area contributed by atoms with Crippen LogP contribution in [0.25, 0.3) is 0 Å². The van der Waals surface area contributed by atoms with Crippen molar-refractivity contribution in [1.29, 1.82) is 0 Å². The third kappa shape index (κ3) is 2.24. The van der Waals surface area contributed by atoms with Crippen molar-refractivity contribution in [3.05, 3.63) is 21.3 Å². The van der Waals surface area contributed by atoms with Gasteiger partial charge in [0.05, 0.1) is 9.21 Å². The molecule has 0 aromatic carbocycles. The van der Waals surface area contributed by atoms with Crippen LogP contribution >= 0.6 is 22.9 Å². The van der Waals surface area contributed by atoms with E-state index in [2.05, 4.69) is 6.92 Å².